The van der Waals surface area contributed by atoms with Crippen LogP contribution in [-0.2, 0) is 21.4 Å². The first-order valence-corrected chi connectivity index (χ1v) is 10.7. The zero-order valence-electron chi connectivity index (χ0n) is 15.9. The van der Waals surface area contributed by atoms with Gasteiger partial charge in [-0.2, -0.15) is 4.31 Å². The van der Waals surface area contributed by atoms with Crippen LogP contribution in [0.5, 0.6) is 0 Å². The Bertz CT molecular complexity index is 895. The predicted molar refractivity (Wildman–Crippen MR) is 106 cm³/mol. The van der Waals surface area contributed by atoms with E-state index in [2.05, 4.69) is 22.5 Å². The fraction of sp³-hybridized carbons (Fsp3) is 0.350. The lowest BCUT2D eigenvalue weighted by Crippen LogP contribution is -2.48. The molecule has 1 heterocycles. The largest absolute Gasteiger partial charge is 0.296 e. The number of nitrogens with zero attached hydrogens (tertiary/aromatic N) is 2. The molecular formula is C20H25N3O4S. The molecule has 1 aliphatic heterocycles. The molecule has 0 saturated carbocycles. The lowest BCUT2D eigenvalue weighted by Gasteiger charge is -2.34. The molecule has 0 radical (unpaired) electrons. The Balaban J connectivity index is 1.65. The second-order valence-electron chi connectivity index (χ2n) is 6.56. The molecule has 0 spiro atoms. The SMILES string of the molecule is CCONC(=O)c1cccc(S(=O)(=O)N2CCN(Cc3ccccc3)CC2)c1. The number of hydrogen-bond acceptors (Lipinski definition) is 5. The van der Waals surface area contributed by atoms with Crippen molar-refractivity contribution in [2.24, 2.45) is 0 Å². The molecule has 28 heavy (non-hydrogen) atoms. The smallest absolute Gasteiger partial charge is 0.274 e. The number of hydrogen-bond donors (Lipinski definition) is 1. The van der Waals surface area contributed by atoms with Gasteiger partial charge in [-0.25, -0.2) is 13.9 Å². The summed E-state index contributed by atoms with van der Waals surface area (Å²) in [6, 6.07) is 16.2. The van der Waals surface area contributed by atoms with E-state index in [1.165, 1.54) is 22.0 Å². The van der Waals surface area contributed by atoms with E-state index >= 15 is 0 Å². The van der Waals surface area contributed by atoms with E-state index < -0.39 is 15.9 Å². The molecule has 2 aromatic carbocycles. The Hall–Kier alpha value is -2.26. The van der Waals surface area contributed by atoms with Gasteiger partial charge in [0.15, 0.2) is 0 Å². The molecule has 3 rings (SSSR count). The van der Waals surface area contributed by atoms with Crippen molar-refractivity contribution < 1.29 is 18.0 Å². The number of benzene rings is 2. The summed E-state index contributed by atoms with van der Waals surface area (Å²) in [5, 5.41) is 0. The molecule has 1 N–H and O–H groups in total. The molecule has 1 amide bonds. The van der Waals surface area contributed by atoms with Crippen LogP contribution in [0.15, 0.2) is 59.5 Å². The van der Waals surface area contributed by atoms with Gasteiger partial charge in [0.05, 0.1) is 11.5 Å². The van der Waals surface area contributed by atoms with Gasteiger partial charge in [0, 0.05) is 38.3 Å². The Labute approximate surface area is 165 Å². The van der Waals surface area contributed by atoms with Crippen LogP contribution in [0.2, 0.25) is 0 Å². The van der Waals surface area contributed by atoms with Crippen molar-refractivity contribution in [2.45, 2.75) is 18.4 Å². The number of carbonyl (C=O) groups excluding carboxylic acids is 1. The van der Waals surface area contributed by atoms with E-state index in [4.69, 9.17) is 4.84 Å². The zero-order valence-corrected chi connectivity index (χ0v) is 16.7. The van der Waals surface area contributed by atoms with Crippen LogP contribution >= 0.6 is 0 Å². The van der Waals surface area contributed by atoms with Gasteiger partial charge in [0.1, 0.15) is 0 Å². The molecule has 7 nitrogen and oxygen atoms in total. The highest BCUT2D eigenvalue weighted by Gasteiger charge is 2.29. The van der Waals surface area contributed by atoms with E-state index in [9.17, 15) is 13.2 Å². The third kappa shape index (κ3) is 4.96. The van der Waals surface area contributed by atoms with Crippen molar-refractivity contribution in [1.29, 1.82) is 0 Å². The fourth-order valence-corrected chi connectivity index (χ4v) is 4.58. The maximum absolute atomic E-state index is 13.0. The average molecular weight is 404 g/mol. The number of sulfonamides is 1. The van der Waals surface area contributed by atoms with Crippen molar-refractivity contribution in [3.8, 4) is 0 Å². The third-order valence-corrected chi connectivity index (χ3v) is 6.52. The summed E-state index contributed by atoms with van der Waals surface area (Å²) < 4.78 is 27.5. The molecule has 0 aliphatic carbocycles. The highest BCUT2D eigenvalue weighted by Crippen LogP contribution is 2.19. The molecule has 0 unspecified atom stereocenters. The van der Waals surface area contributed by atoms with E-state index in [1.807, 2.05) is 18.2 Å². The minimum Gasteiger partial charge on any atom is -0.296 e. The van der Waals surface area contributed by atoms with Crippen molar-refractivity contribution in [1.82, 2.24) is 14.7 Å². The fourth-order valence-electron chi connectivity index (χ4n) is 3.11. The highest BCUT2D eigenvalue weighted by atomic mass is 32.2. The quantitative estimate of drug-likeness (QED) is 0.714. The third-order valence-electron chi connectivity index (χ3n) is 4.62. The van der Waals surface area contributed by atoms with Crippen LogP contribution in [-0.4, -0.2) is 56.3 Å². The summed E-state index contributed by atoms with van der Waals surface area (Å²) >= 11 is 0. The molecule has 1 saturated heterocycles. The first-order chi connectivity index (χ1) is 13.5. The monoisotopic (exact) mass is 403 g/mol. The molecule has 1 fully saturated rings. The predicted octanol–water partition coefficient (Wildman–Crippen LogP) is 1.87. The topological polar surface area (TPSA) is 78.9 Å². The maximum Gasteiger partial charge on any atom is 0.274 e. The number of hydroxylamine groups is 1. The standard InChI is InChI=1S/C20H25N3O4S/c1-2-27-21-20(24)18-9-6-10-19(15-18)28(25,26)23-13-11-22(12-14-23)16-17-7-4-3-5-8-17/h3-10,15H,2,11-14,16H2,1H3,(H,21,24). The summed E-state index contributed by atoms with van der Waals surface area (Å²) in [6.07, 6.45) is 0. The van der Waals surface area contributed by atoms with E-state index in [-0.39, 0.29) is 10.5 Å². The van der Waals surface area contributed by atoms with Gasteiger partial charge >= 0.3 is 0 Å². The number of rotatable bonds is 7. The lowest BCUT2D eigenvalue weighted by atomic mass is 10.2. The van der Waals surface area contributed by atoms with Crippen LogP contribution in [0, 0.1) is 0 Å². The maximum atomic E-state index is 13.0. The lowest BCUT2D eigenvalue weighted by molar-refractivity contribution is 0.0364. The van der Waals surface area contributed by atoms with E-state index in [1.54, 1.807) is 19.1 Å². The van der Waals surface area contributed by atoms with Gasteiger partial charge in [0.25, 0.3) is 5.91 Å². The van der Waals surface area contributed by atoms with Crippen LogP contribution in [0.25, 0.3) is 0 Å². The molecule has 1 aliphatic rings. The van der Waals surface area contributed by atoms with Crippen LogP contribution in [0.3, 0.4) is 0 Å². The normalized spacial score (nSPS) is 16.0. The Morgan fingerprint density at radius 3 is 2.43 bits per heavy atom. The molecule has 2 aromatic rings. The minimum atomic E-state index is -3.65. The van der Waals surface area contributed by atoms with Gasteiger partial charge in [-0.05, 0) is 30.7 Å². The molecule has 150 valence electrons. The Morgan fingerprint density at radius 1 is 1.04 bits per heavy atom. The van der Waals surface area contributed by atoms with Gasteiger partial charge in [-0.3, -0.25) is 14.5 Å². The van der Waals surface area contributed by atoms with Gasteiger partial charge in [-0.1, -0.05) is 36.4 Å². The summed E-state index contributed by atoms with van der Waals surface area (Å²) in [6.45, 7) is 5.06. The number of carbonyl (C=O) groups is 1. The zero-order chi connectivity index (χ0) is 20.0. The number of piperazine rings is 1. The van der Waals surface area contributed by atoms with Gasteiger partial charge < -0.3 is 0 Å². The summed E-state index contributed by atoms with van der Waals surface area (Å²) in [5.41, 5.74) is 3.74. The van der Waals surface area contributed by atoms with Crippen molar-refractivity contribution in [2.75, 3.05) is 32.8 Å². The van der Waals surface area contributed by atoms with Crippen LogP contribution < -0.4 is 5.48 Å². The number of nitrogens with one attached hydrogen (secondary N) is 1. The first-order valence-electron chi connectivity index (χ1n) is 9.29. The molecular weight excluding hydrogens is 378 g/mol. The average Bonchev–Trinajstić information content (AvgIpc) is 2.73. The minimum absolute atomic E-state index is 0.119. The molecule has 0 bridgehead atoms. The van der Waals surface area contributed by atoms with E-state index in [0.29, 0.717) is 32.8 Å². The summed E-state index contributed by atoms with van der Waals surface area (Å²) in [4.78, 5) is 19.3. The summed E-state index contributed by atoms with van der Waals surface area (Å²) in [7, 11) is -3.65. The second kappa shape index (κ2) is 9.29. The van der Waals surface area contributed by atoms with E-state index in [0.717, 1.165) is 6.54 Å². The second-order valence-corrected chi connectivity index (χ2v) is 8.50. The van der Waals surface area contributed by atoms with Crippen LogP contribution in [0.4, 0.5) is 0 Å². The Morgan fingerprint density at radius 2 is 1.75 bits per heavy atom. The van der Waals surface area contributed by atoms with Crippen molar-refractivity contribution in [3.05, 3.63) is 65.7 Å². The first kappa shape index (κ1) is 20.5. The van der Waals surface area contributed by atoms with Gasteiger partial charge in [-0.15, -0.1) is 0 Å². The molecule has 8 heteroatoms. The molecule has 0 aromatic heterocycles. The molecule has 0 atom stereocenters. The van der Waals surface area contributed by atoms with Crippen LogP contribution in [0.1, 0.15) is 22.8 Å². The summed E-state index contributed by atoms with van der Waals surface area (Å²) in [5.74, 6) is -0.466. The Kier molecular flexibility index (Phi) is 6.79. The van der Waals surface area contributed by atoms with Gasteiger partial charge in [0.2, 0.25) is 10.0 Å². The highest BCUT2D eigenvalue weighted by molar-refractivity contribution is 7.89. The van der Waals surface area contributed by atoms with Crippen molar-refractivity contribution in [3.63, 3.8) is 0 Å². The van der Waals surface area contributed by atoms with Crippen molar-refractivity contribution >= 4 is 15.9 Å². The number of amides is 1.